The zero-order chi connectivity index (χ0) is 23.6. The van der Waals surface area contributed by atoms with Crippen molar-refractivity contribution in [1.29, 1.82) is 0 Å². The molecule has 0 aliphatic rings. The standard InChI is InChI=1S/C28H36N2O3/c1-3-4-5-6-7-8-9-10-11-21-12-17-26-25(18-21)24(22-13-15-23(31)16-14-22)19-27(29-26)30(2)20-28(32)33/h12-19,31H,3-11,20H2,1-2H3,(H,32,33). The highest BCUT2D eigenvalue weighted by Crippen LogP contribution is 2.33. The molecule has 0 radical (unpaired) electrons. The lowest BCUT2D eigenvalue weighted by atomic mass is 9.97. The third-order valence-corrected chi connectivity index (χ3v) is 6.12. The molecule has 3 rings (SSSR count). The Morgan fingerprint density at radius 3 is 2.24 bits per heavy atom. The molecule has 0 amide bonds. The van der Waals surface area contributed by atoms with Gasteiger partial charge in [0.1, 0.15) is 18.1 Å². The molecule has 0 spiro atoms. The Morgan fingerprint density at radius 2 is 1.58 bits per heavy atom. The van der Waals surface area contributed by atoms with Gasteiger partial charge in [0.25, 0.3) is 0 Å². The lowest BCUT2D eigenvalue weighted by molar-refractivity contribution is -0.135. The predicted octanol–water partition coefficient (Wildman–Crippen LogP) is 6.81. The quantitative estimate of drug-likeness (QED) is 0.281. The van der Waals surface area contributed by atoms with Crippen molar-refractivity contribution < 1.29 is 15.0 Å². The number of aromatic hydroxyl groups is 1. The molecule has 0 unspecified atom stereocenters. The number of nitrogens with zero attached hydrogens (tertiary/aromatic N) is 2. The molecule has 5 nitrogen and oxygen atoms in total. The normalized spacial score (nSPS) is 11.1. The van der Waals surface area contributed by atoms with Crippen LogP contribution in [-0.2, 0) is 11.2 Å². The molecule has 2 aromatic carbocycles. The van der Waals surface area contributed by atoms with Crippen molar-refractivity contribution >= 4 is 22.7 Å². The van der Waals surface area contributed by atoms with Crippen LogP contribution in [0.5, 0.6) is 5.75 Å². The highest BCUT2D eigenvalue weighted by molar-refractivity contribution is 5.96. The smallest absolute Gasteiger partial charge is 0.323 e. The first-order chi connectivity index (χ1) is 16.0. The monoisotopic (exact) mass is 448 g/mol. The summed E-state index contributed by atoms with van der Waals surface area (Å²) >= 11 is 0. The van der Waals surface area contributed by atoms with Gasteiger partial charge in [-0.3, -0.25) is 4.79 Å². The van der Waals surface area contributed by atoms with E-state index in [4.69, 9.17) is 4.98 Å². The van der Waals surface area contributed by atoms with Gasteiger partial charge in [-0.1, -0.05) is 70.1 Å². The molecule has 0 saturated heterocycles. The van der Waals surface area contributed by atoms with E-state index >= 15 is 0 Å². The molecule has 5 heteroatoms. The fourth-order valence-electron chi connectivity index (χ4n) is 4.24. The Morgan fingerprint density at radius 1 is 0.909 bits per heavy atom. The zero-order valence-electron chi connectivity index (χ0n) is 19.9. The minimum Gasteiger partial charge on any atom is -0.508 e. The minimum absolute atomic E-state index is 0.121. The van der Waals surface area contributed by atoms with Gasteiger partial charge in [-0.25, -0.2) is 4.98 Å². The first-order valence-corrected chi connectivity index (χ1v) is 12.1. The Kier molecular flexibility index (Phi) is 9.11. The summed E-state index contributed by atoms with van der Waals surface area (Å²) in [5.41, 5.74) is 4.09. The lowest BCUT2D eigenvalue weighted by Crippen LogP contribution is -2.26. The molecule has 1 aromatic heterocycles. The van der Waals surface area contributed by atoms with E-state index in [2.05, 4.69) is 19.1 Å². The second-order valence-electron chi connectivity index (χ2n) is 8.90. The maximum absolute atomic E-state index is 11.2. The number of aromatic nitrogens is 1. The number of hydrogen-bond donors (Lipinski definition) is 2. The summed E-state index contributed by atoms with van der Waals surface area (Å²) in [6.45, 7) is 2.13. The molecule has 176 valence electrons. The van der Waals surface area contributed by atoms with Crippen LogP contribution in [0.1, 0.15) is 63.9 Å². The van der Waals surface area contributed by atoms with Gasteiger partial charge in [-0.05, 0) is 59.9 Å². The van der Waals surface area contributed by atoms with Crippen LogP contribution in [0.2, 0.25) is 0 Å². The van der Waals surface area contributed by atoms with E-state index in [1.807, 2.05) is 24.3 Å². The Labute approximate surface area is 197 Å². The van der Waals surface area contributed by atoms with Crippen LogP contribution in [0.3, 0.4) is 0 Å². The van der Waals surface area contributed by atoms with Crippen LogP contribution < -0.4 is 4.90 Å². The van der Waals surface area contributed by atoms with E-state index in [-0.39, 0.29) is 12.3 Å². The summed E-state index contributed by atoms with van der Waals surface area (Å²) in [6, 6.07) is 15.5. The fourth-order valence-corrected chi connectivity index (χ4v) is 4.24. The number of rotatable bonds is 13. The lowest BCUT2D eigenvalue weighted by Gasteiger charge is -2.19. The van der Waals surface area contributed by atoms with Crippen LogP contribution >= 0.6 is 0 Å². The molecule has 0 bridgehead atoms. The van der Waals surface area contributed by atoms with Gasteiger partial charge in [0.15, 0.2) is 0 Å². The molecule has 33 heavy (non-hydrogen) atoms. The number of phenols is 1. The van der Waals surface area contributed by atoms with Gasteiger partial charge in [0, 0.05) is 12.4 Å². The number of carboxylic acids is 1. The molecule has 0 aliphatic heterocycles. The molecule has 3 aromatic rings. The maximum Gasteiger partial charge on any atom is 0.323 e. The van der Waals surface area contributed by atoms with Gasteiger partial charge in [-0.15, -0.1) is 0 Å². The number of pyridine rings is 1. The third kappa shape index (κ3) is 7.21. The Balaban J connectivity index is 1.80. The van der Waals surface area contributed by atoms with E-state index in [0.717, 1.165) is 28.5 Å². The zero-order valence-corrected chi connectivity index (χ0v) is 19.9. The van der Waals surface area contributed by atoms with Gasteiger partial charge in [-0.2, -0.15) is 0 Å². The minimum atomic E-state index is -0.897. The van der Waals surface area contributed by atoms with Gasteiger partial charge in [0.2, 0.25) is 0 Å². The molecule has 0 atom stereocenters. The highest BCUT2D eigenvalue weighted by Gasteiger charge is 2.13. The molecular formula is C28H36N2O3. The summed E-state index contributed by atoms with van der Waals surface area (Å²) in [4.78, 5) is 17.6. The topological polar surface area (TPSA) is 73.7 Å². The number of phenolic OH excluding ortho intramolecular Hbond substituents is 1. The molecule has 2 N–H and O–H groups in total. The van der Waals surface area contributed by atoms with Crippen molar-refractivity contribution in [2.75, 3.05) is 18.5 Å². The van der Waals surface area contributed by atoms with Crippen LogP contribution in [-0.4, -0.2) is 34.8 Å². The van der Waals surface area contributed by atoms with Crippen molar-refractivity contribution in [3.05, 3.63) is 54.1 Å². The number of unbranched alkanes of at least 4 members (excludes halogenated alkanes) is 7. The van der Waals surface area contributed by atoms with Gasteiger partial charge >= 0.3 is 5.97 Å². The molecule has 0 fully saturated rings. The van der Waals surface area contributed by atoms with Gasteiger partial charge < -0.3 is 15.1 Å². The van der Waals surface area contributed by atoms with E-state index in [9.17, 15) is 15.0 Å². The number of carboxylic acid groups (broad SMARTS) is 1. The van der Waals surface area contributed by atoms with Crippen LogP contribution in [0.25, 0.3) is 22.0 Å². The average Bonchev–Trinajstić information content (AvgIpc) is 2.80. The van der Waals surface area contributed by atoms with Crippen molar-refractivity contribution in [2.24, 2.45) is 0 Å². The van der Waals surface area contributed by atoms with Crippen LogP contribution in [0.4, 0.5) is 5.82 Å². The molecule has 1 heterocycles. The number of hydrogen-bond acceptors (Lipinski definition) is 4. The number of anilines is 1. The number of aliphatic carboxylic acids is 1. The number of aryl methyl sites for hydroxylation is 1. The van der Waals surface area contributed by atoms with E-state index in [1.165, 1.54) is 56.9 Å². The molecule has 0 aliphatic carbocycles. The van der Waals surface area contributed by atoms with Crippen molar-refractivity contribution in [3.8, 4) is 16.9 Å². The third-order valence-electron chi connectivity index (χ3n) is 6.12. The maximum atomic E-state index is 11.2. The van der Waals surface area contributed by atoms with Crippen molar-refractivity contribution in [1.82, 2.24) is 4.98 Å². The first kappa shape index (κ1) is 24.6. The largest absolute Gasteiger partial charge is 0.508 e. The second-order valence-corrected chi connectivity index (χ2v) is 8.90. The number of likely N-dealkylation sites (N-methyl/N-ethyl adjacent to an activating group) is 1. The fraction of sp³-hybridized carbons (Fsp3) is 0.429. The Hall–Kier alpha value is -3.08. The average molecular weight is 449 g/mol. The second kappa shape index (κ2) is 12.2. The van der Waals surface area contributed by atoms with Gasteiger partial charge in [0.05, 0.1) is 5.52 Å². The van der Waals surface area contributed by atoms with E-state index < -0.39 is 5.97 Å². The van der Waals surface area contributed by atoms with E-state index in [0.29, 0.717) is 5.82 Å². The summed E-state index contributed by atoms with van der Waals surface area (Å²) in [5, 5.41) is 20.0. The summed E-state index contributed by atoms with van der Waals surface area (Å²) in [5.74, 6) is -0.0641. The highest BCUT2D eigenvalue weighted by atomic mass is 16.4. The SMILES string of the molecule is CCCCCCCCCCc1ccc2nc(N(C)CC(=O)O)cc(-c3ccc(O)cc3)c2c1. The van der Waals surface area contributed by atoms with Crippen molar-refractivity contribution in [3.63, 3.8) is 0 Å². The molecular weight excluding hydrogens is 412 g/mol. The van der Waals surface area contributed by atoms with Crippen molar-refractivity contribution in [2.45, 2.75) is 64.7 Å². The summed E-state index contributed by atoms with van der Waals surface area (Å²) in [6.07, 6.45) is 11.5. The summed E-state index contributed by atoms with van der Waals surface area (Å²) < 4.78 is 0. The van der Waals surface area contributed by atoms with Crippen LogP contribution in [0.15, 0.2) is 48.5 Å². The Bertz CT molecular complexity index is 1050. The van der Waals surface area contributed by atoms with Crippen LogP contribution in [0, 0.1) is 0 Å². The van der Waals surface area contributed by atoms with E-state index in [1.54, 1.807) is 24.1 Å². The number of carbonyl (C=O) groups is 1. The predicted molar refractivity (Wildman–Crippen MR) is 136 cm³/mol. The number of benzene rings is 2. The number of fused-ring (bicyclic) bond motifs is 1. The first-order valence-electron chi connectivity index (χ1n) is 12.1. The summed E-state index contributed by atoms with van der Waals surface area (Å²) in [7, 11) is 1.74. The molecule has 0 saturated carbocycles.